The minimum atomic E-state index is 0.194. The minimum Gasteiger partial charge on any atom is -0.338 e. The molecule has 0 N–H and O–H groups in total. The van der Waals surface area contributed by atoms with Crippen LogP contribution < -0.4 is 0 Å². The number of amides is 1. The Morgan fingerprint density at radius 3 is 2.65 bits per heavy atom. The number of carbonyl (C=O) groups excluding carboxylic acids is 1. The summed E-state index contributed by atoms with van der Waals surface area (Å²) in [5.74, 6) is 2.14. The molecule has 0 bridgehead atoms. The van der Waals surface area contributed by atoms with Gasteiger partial charge in [-0.25, -0.2) is 4.98 Å². The first-order valence-corrected chi connectivity index (χ1v) is 9.48. The Labute approximate surface area is 141 Å². The Morgan fingerprint density at radius 1 is 1.26 bits per heavy atom. The number of aromatic nitrogens is 2. The van der Waals surface area contributed by atoms with Gasteiger partial charge in [0, 0.05) is 36.9 Å². The van der Waals surface area contributed by atoms with Crippen LogP contribution in [0.3, 0.4) is 0 Å². The predicted octanol–water partition coefficient (Wildman–Crippen LogP) is 4.00. The van der Waals surface area contributed by atoms with Crippen molar-refractivity contribution in [2.45, 2.75) is 51.0 Å². The molecule has 1 saturated carbocycles. The number of likely N-dealkylation sites (tertiary alicyclic amines) is 1. The van der Waals surface area contributed by atoms with Crippen LogP contribution in [-0.2, 0) is 0 Å². The molecule has 2 aromatic heterocycles. The SMILES string of the molecule is Cc1cnc(C2CCC2)n1C1CCN(C(=O)c2cccs2)CC1. The highest BCUT2D eigenvalue weighted by Gasteiger charge is 2.30. The van der Waals surface area contributed by atoms with Crippen LogP contribution in [-0.4, -0.2) is 33.4 Å². The van der Waals surface area contributed by atoms with Gasteiger partial charge in [-0.1, -0.05) is 12.5 Å². The summed E-state index contributed by atoms with van der Waals surface area (Å²) in [4.78, 5) is 20.0. The molecule has 1 amide bonds. The molecule has 5 heteroatoms. The number of carbonyl (C=O) groups is 1. The highest BCUT2D eigenvalue weighted by atomic mass is 32.1. The summed E-state index contributed by atoms with van der Waals surface area (Å²) in [6.07, 6.45) is 8.00. The summed E-state index contributed by atoms with van der Waals surface area (Å²) in [5, 5.41) is 1.97. The zero-order valence-corrected chi connectivity index (χ0v) is 14.4. The number of imidazole rings is 1. The maximum absolute atomic E-state index is 12.5. The predicted molar refractivity (Wildman–Crippen MR) is 92.0 cm³/mol. The van der Waals surface area contributed by atoms with Crippen molar-refractivity contribution in [3.8, 4) is 0 Å². The summed E-state index contributed by atoms with van der Waals surface area (Å²) < 4.78 is 2.47. The van der Waals surface area contributed by atoms with E-state index in [9.17, 15) is 4.79 Å². The second kappa shape index (κ2) is 6.11. The van der Waals surface area contributed by atoms with Crippen LogP contribution in [0.5, 0.6) is 0 Å². The second-order valence-corrected chi connectivity index (χ2v) is 7.70. The molecule has 1 aliphatic carbocycles. The van der Waals surface area contributed by atoms with Crippen molar-refractivity contribution < 1.29 is 4.79 Å². The Bertz CT molecular complexity index is 679. The van der Waals surface area contributed by atoms with Crippen LogP contribution in [0.25, 0.3) is 0 Å². The first-order valence-electron chi connectivity index (χ1n) is 8.60. The standard InChI is InChI=1S/C18H23N3OS/c1-13-12-19-17(14-4-2-5-14)21(13)15-7-9-20(10-8-15)18(22)16-6-3-11-23-16/h3,6,11-12,14-15H,2,4-5,7-10H2,1H3. The highest BCUT2D eigenvalue weighted by molar-refractivity contribution is 7.12. The number of aryl methyl sites for hydroxylation is 1. The lowest BCUT2D eigenvalue weighted by Crippen LogP contribution is -2.39. The van der Waals surface area contributed by atoms with E-state index in [-0.39, 0.29) is 5.91 Å². The van der Waals surface area contributed by atoms with Crippen LogP contribution in [0.2, 0.25) is 0 Å². The number of nitrogens with zero attached hydrogens (tertiary/aromatic N) is 3. The van der Waals surface area contributed by atoms with Crippen LogP contribution in [0, 0.1) is 6.92 Å². The molecular formula is C18H23N3OS. The molecule has 2 fully saturated rings. The van der Waals surface area contributed by atoms with E-state index in [2.05, 4.69) is 11.5 Å². The average molecular weight is 329 g/mol. The molecule has 0 radical (unpaired) electrons. The molecule has 0 aromatic carbocycles. The van der Waals surface area contributed by atoms with Crippen molar-refractivity contribution >= 4 is 17.2 Å². The van der Waals surface area contributed by atoms with E-state index in [1.54, 1.807) is 0 Å². The van der Waals surface area contributed by atoms with Gasteiger partial charge in [-0.2, -0.15) is 0 Å². The van der Waals surface area contributed by atoms with Gasteiger partial charge in [0.1, 0.15) is 5.82 Å². The highest BCUT2D eigenvalue weighted by Crippen LogP contribution is 2.38. The number of rotatable bonds is 3. The van der Waals surface area contributed by atoms with E-state index in [0.29, 0.717) is 12.0 Å². The average Bonchev–Trinajstić information content (AvgIpc) is 3.16. The molecule has 0 atom stereocenters. The van der Waals surface area contributed by atoms with Gasteiger partial charge in [0.05, 0.1) is 4.88 Å². The van der Waals surface area contributed by atoms with Gasteiger partial charge in [-0.3, -0.25) is 4.79 Å². The number of hydrogen-bond acceptors (Lipinski definition) is 3. The lowest BCUT2D eigenvalue weighted by Gasteiger charge is -2.35. The molecule has 4 nitrogen and oxygen atoms in total. The molecule has 3 heterocycles. The van der Waals surface area contributed by atoms with Gasteiger partial charge < -0.3 is 9.47 Å². The van der Waals surface area contributed by atoms with E-state index in [1.165, 1.54) is 42.1 Å². The Morgan fingerprint density at radius 2 is 2.04 bits per heavy atom. The number of piperidine rings is 1. The molecule has 122 valence electrons. The Kier molecular flexibility index (Phi) is 3.97. The molecule has 1 aliphatic heterocycles. The van der Waals surface area contributed by atoms with E-state index in [1.807, 2.05) is 28.6 Å². The zero-order chi connectivity index (χ0) is 15.8. The minimum absolute atomic E-state index is 0.194. The number of hydrogen-bond donors (Lipinski definition) is 0. The summed E-state index contributed by atoms with van der Waals surface area (Å²) >= 11 is 1.54. The quantitative estimate of drug-likeness (QED) is 0.854. The smallest absolute Gasteiger partial charge is 0.263 e. The van der Waals surface area contributed by atoms with Crippen molar-refractivity contribution in [2.75, 3.05) is 13.1 Å². The lowest BCUT2D eigenvalue weighted by molar-refractivity contribution is 0.0697. The number of thiophene rings is 1. The van der Waals surface area contributed by atoms with Crippen molar-refractivity contribution in [2.24, 2.45) is 0 Å². The van der Waals surface area contributed by atoms with Gasteiger partial charge >= 0.3 is 0 Å². The first kappa shape index (κ1) is 14.9. The van der Waals surface area contributed by atoms with E-state index in [4.69, 9.17) is 4.98 Å². The summed E-state index contributed by atoms with van der Waals surface area (Å²) in [6, 6.07) is 4.37. The zero-order valence-electron chi connectivity index (χ0n) is 13.6. The van der Waals surface area contributed by atoms with Gasteiger partial charge in [-0.15, -0.1) is 11.3 Å². The van der Waals surface area contributed by atoms with E-state index in [0.717, 1.165) is 30.8 Å². The summed E-state index contributed by atoms with van der Waals surface area (Å²) in [7, 11) is 0. The normalized spacial score (nSPS) is 19.8. The molecule has 0 unspecified atom stereocenters. The summed E-state index contributed by atoms with van der Waals surface area (Å²) in [5.41, 5.74) is 1.27. The maximum Gasteiger partial charge on any atom is 0.263 e. The topological polar surface area (TPSA) is 38.1 Å². The van der Waals surface area contributed by atoms with Crippen molar-refractivity contribution in [1.82, 2.24) is 14.5 Å². The largest absolute Gasteiger partial charge is 0.338 e. The Balaban J connectivity index is 1.46. The van der Waals surface area contributed by atoms with Crippen molar-refractivity contribution in [3.05, 3.63) is 40.1 Å². The molecule has 2 aliphatic rings. The van der Waals surface area contributed by atoms with E-state index < -0.39 is 0 Å². The van der Waals surface area contributed by atoms with Crippen LogP contribution in [0.4, 0.5) is 0 Å². The first-order chi connectivity index (χ1) is 11.2. The lowest BCUT2D eigenvalue weighted by atomic mass is 9.84. The monoisotopic (exact) mass is 329 g/mol. The van der Waals surface area contributed by atoms with Crippen molar-refractivity contribution in [1.29, 1.82) is 0 Å². The third kappa shape index (κ3) is 2.71. The van der Waals surface area contributed by atoms with Gasteiger partial charge in [-0.05, 0) is 44.1 Å². The molecule has 1 saturated heterocycles. The van der Waals surface area contributed by atoms with Gasteiger partial charge in [0.15, 0.2) is 0 Å². The maximum atomic E-state index is 12.5. The fraction of sp³-hybridized carbons (Fsp3) is 0.556. The molecule has 23 heavy (non-hydrogen) atoms. The van der Waals surface area contributed by atoms with Gasteiger partial charge in [0.25, 0.3) is 5.91 Å². The second-order valence-electron chi connectivity index (χ2n) is 6.76. The fourth-order valence-electron chi connectivity index (χ4n) is 3.79. The third-order valence-electron chi connectivity index (χ3n) is 5.33. The van der Waals surface area contributed by atoms with E-state index >= 15 is 0 Å². The van der Waals surface area contributed by atoms with Gasteiger partial charge in [0.2, 0.25) is 0 Å². The van der Waals surface area contributed by atoms with Crippen LogP contribution in [0.15, 0.2) is 23.7 Å². The molecule has 0 spiro atoms. The molecule has 2 aromatic rings. The molecule has 4 rings (SSSR count). The summed E-state index contributed by atoms with van der Waals surface area (Å²) in [6.45, 7) is 3.87. The Hall–Kier alpha value is -1.62. The molecular weight excluding hydrogens is 306 g/mol. The fourth-order valence-corrected chi connectivity index (χ4v) is 4.48. The third-order valence-corrected chi connectivity index (χ3v) is 6.19. The van der Waals surface area contributed by atoms with Crippen LogP contribution >= 0.6 is 11.3 Å². The van der Waals surface area contributed by atoms with Crippen molar-refractivity contribution in [3.63, 3.8) is 0 Å². The van der Waals surface area contributed by atoms with Crippen LogP contribution in [0.1, 0.15) is 65.3 Å².